The van der Waals surface area contributed by atoms with E-state index in [2.05, 4.69) is 26.6 Å². The van der Waals surface area contributed by atoms with E-state index in [1.165, 1.54) is 4.90 Å². The number of alkyl halides is 1. The number of nitrogens with zero attached hydrogens (tertiary/aromatic N) is 1. The van der Waals surface area contributed by atoms with E-state index in [-0.39, 0.29) is 23.2 Å². The van der Waals surface area contributed by atoms with Gasteiger partial charge in [-0.25, -0.2) is 0 Å². The van der Waals surface area contributed by atoms with Gasteiger partial charge in [-0.2, -0.15) is 0 Å². The molecule has 3 amide bonds. The van der Waals surface area contributed by atoms with E-state index in [0.29, 0.717) is 30.1 Å². The lowest BCUT2D eigenvalue weighted by Gasteiger charge is -2.37. The molecule has 38 heavy (non-hydrogen) atoms. The highest BCUT2D eigenvalue weighted by Crippen LogP contribution is 2.60. The molecule has 2 bridgehead atoms. The molecule has 5 rings (SSSR count). The van der Waals surface area contributed by atoms with Crippen LogP contribution in [0.5, 0.6) is 0 Å². The predicted molar refractivity (Wildman–Crippen MR) is 147 cm³/mol. The van der Waals surface area contributed by atoms with Gasteiger partial charge >= 0.3 is 0 Å². The number of carbonyl (C=O) groups is 3. The number of benzene rings is 2. The zero-order valence-electron chi connectivity index (χ0n) is 21.0. The van der Waals surface area contributed by atoms with Crippen molar-refractivity contribution in [2.75, 3.05) is 18.5 Å². The van der Waals surface area contributed by atoms with Gasteiger partial charge in [-0.3, -0.25) is 14.4 Å². The molecule has 2 aromatic carbocycles. The minimum Gasteiger partial charge on any atom is -0.394 e. The molecular formula is C28H31BrClN3O5. The molecule has 7 atom stereocenters. The standard InChI is InChI=1S/C28H31BrClN3O5/c1-2-12-31-25(35)21-22-27(37)33(19(15-34)13-16-6-4-3-5-7-16)24(28(22)14-20(29)23(21)38-28)26(36)32-18-10-8-17(30)9-11-18/h3-11,19-24,34H,2,12-15H2,1H3,(H,31,35)(H,32,36)/t19-,20?,21+,22+,23+,24?,28?/m1/s1. The Bertz CT molecular complexity index is 1200. The van der Waals surface area contributed by atoms with Gasteiger partial charge < -0.3 is 25.4 Å². The van der Waals surface area contributed by atoms with Crippen LogP contribution in [0.3, 0.4) is 0 Å². The van der Waals surface area contributed by atoms with Crippen LogP contribution in [0.15, 0.2) is 54.6 Å². The Hall–Kier alpha value is -2.46. The predicted octanol–water partition coefficient (Wildman–Crippen LogP) is 3.16. The number of rotatable bonds is 9. The van der Waals surface area contributed by atoms with Crippen molar-refractivity contribution in [2.24, 2.45) is 11.8 Å². The van der Waals surface area contributed by atoms with E-state index in [0.717, 1.165) is 12.0 Å². The quantitative estimate of drug-likeness (QED) is 0.381. The number of anilines is 1. The molecule has 3 aliphatic heterocycles. The Labute approximate surface area is 235 Å². The second kappa shape index (κ2) is 11.0. The summed E-state index contributed by atoms with van der Waals surface area (Å²) in [6, 6.07) is 14.5. The van der Waals surface area contributed by atoms with E-state index in [1.807, 2.05) is 37.3 Å². The summed E-state index contributed by atoms with van der Waals surface area (Å²) in [6.45, 7) is 2.10. The van der Waals surface area contributed by atoms with Crippen LogP contribution in [0, 0.1) is 11.8 Å². The number of ether oxygens (including phenoxy) is 1. The largest absolute Gasteiger partial charge is 0.394 e. The molecule has 3 N–H and O–H groups in total. The van der Waals surface area contributed by atoms with E-state index in [9.17, 15) is 19.5 Å². The van der Waals surface area contributed by atoms with Gasteiger partial charge in [0.2, 0.25) is 17.7 Å². The van der Waals surface area contributed by atoms with E-state index < -0.39 is 41.5 Å². The van der Waals surface area contributed by atoms with Crippen LogP contribution in [0.25, 0.3) is 0 Å². The fourth-order valence-corrected chi connectivity index (χ4v) is 7.38. The monoisotopic (exact) mass is 603 g/mol. The Kier molecular flexibility index (Phi) is 7.82. The van der Waals surface area contributed by atoms with Crippen LogP contribution in [0.2, 0.25) is 5.02 Å². The number of hydrogen-bond donors (Lipinski definition) is 3. The number of halogens is 2. The molecule has 10 heteroatoms. The molecule has 0 aromatic heterocycles. The first-order valence-corrected chi connectivity index (χ1v) is 14.2. The van der Waals surface area contributed by atoms with Crippen molar-refractivity contribution < 1.29 is 24.2 Å². The molecule has 8 nitrogen and oxygen atoms in total. The molecule has 0 aliphatic carbocycles. The molecule has 1 spiro atoms. The Morgan fingerprint density at radius 2 is 1.89 bits per heavy atom. The molecule has 202 valence electrons. The summed E-state index contributed by atoms with van der Waals surface area (Å²) < 4.78 is 6.51. The van der Waals surface area contributed by atoms with E-state index in [1.54, 1.807) is 24.3 Å². The SMILES string of the molecule is CCCNC(=O)[C@H]1[C@H]2C(=O)N([C@@H](CO)Cc3ccccc3)C(C(=O)Nc3ccc(Cl)cc3)C23CC(Br)[C@@H]1O3. The van der Waals surface area contributed by atoms with Gasteiger partial charge in [-0.1, -0.05) is 64.8 Å². The third kappa shape index (κ3) is 4.63. The number of nitrogens with one attached hydrogen (secondary N) is 2. The van der Waals surface area contributed by atoms with Gasteiger partial charge in [0.05, 0.1) is 30.6 Å². The van der Waals surface area contributed by atoms with Crippen molar-refractivity contribution in [3.8, 4) is 0 Å². The normalized spacial score (nSPS) is 30.3. The summed E-state index contributed by atoms with van der Waals surface area (Å²) in [7, 11) is 0. The van der Waals surface area contributed by atoms with Crippen LogP contribution in [0.4, 0.5) is 5.69 Å². The van der Waals surface area contributed by atoms with Crippen molar-refractivity contribution in [1.82, 2.24) is 10.2 Å². The first kappa shape index (κ1) is 27.1. The third-order valence-corrected chi connectivity index (χ3v) is 8.95. The van der Waals surface area contributed by atoms with Gasteiger partial charge in [0, 0.05) is 22.1 Å². The summed E-state index contributed by atoms with van der Waals surface area (Å²) >= 11 is 9.69. The number of fused-ring (bicyclic) bond motifs is 1. The highest BCUT2D eigenvalue weighted by atomic mass is 79.9. The fourth-order valence-electron chi connectivity index (χ4n) is 6.31. The number of hydrogen-bond acceptors (Lipinski definition) is 5. The first-order valence-electron chi connectivity index (χ1n) is 12.9. The maximum atomic E-state index is 14.2. The lowest BCUT2D eigenvalue weighted by atomic mass is 9.70. The van der Waals surface area contributed by atoms with E-state index >= 15 is 0 Å². The van der Waals surface area contributed by atoms with Crippen molar-refractivity contribution in [1.29, 1.82) is 0 Å². The maximum absolute atomic E-state index is 14.2. The number of carbonyl (C=O) groups excluding carboxylic acids is 3. The van der Waals surface area contributed by atoms with Gasteiger partial charge in [0.25, 0.3) is 0 Å². The number of likely N-dealkylation sites (tertiary alicyclic amines) is 1. The van der Waals surface area contributed by atoms with Crippen LogP contribution >= 0.6 is 27.5 Å². The smallest absolute Gasteiger partial charge is 0.250 e. The van der Waals surface area contributed by atoms with Crippen molar-refractivity contribution in [3.63, 3.8) is 0 Å². The van der Waals surface area contributed by atoms with Crippen LogP contribution in [0.1, 0.15) is 25.3 Å². The zero-order chi connectivity index (χ0) is 27.0. The number of aliphatic hydroxyl groups is 1. The Balaban J connectivity index is 1.54. The molecule has 3 unspecified atom stereocenters. The first-order chi connectivity index (χ1) is 18.3. The zero-order valence-corrected chi connectivity index (χ0v) is 23.3. The van der Waals surface area contributed by atoms with Gasteiger partial charge in [-0.05, 0) is 49.1 Å². The number of aliphatic hydroxyl groups excluding tert-OH is 1. The molecule has 3 aliphatic rings. The molecule has 0 saturated carbocycles. The number of amides is 3. The molecular weight excluding hydrogens is 574 g/mol. The second-order valence-electron chi connectivity index (χ2n) is 10.2. The lowest BCUT2D eigenvalue weighted by molar-refractivity contribution is -0.144. The lowest BCUT2D eigenvalue weighted by Crippen LogP contribution is -2.57. The summed E-state index contributed by atoms with van der Waals surface area (Å²) in [5.41, 5.74) is 0.243. The molecule has 3 fully saturated rings. The maximum Gasteiger partial charge on any atom is 0.250 e. The topological polar surface area (TPSA) is 108 Å². The summed E-state index contributed by atoms with van der Waals surface area (Å²) in [6.07, 6.45) is 0.970. The third-order valence-electron chi connectivity index (χ3n) is 7.86. The van der Waals surface area contributed by atoms with Crippen molar-refractivity contribution >= 4 is 50.9 Å². The fraction of sp³-hybridized carbons (Fsp3) is 0.464. The van der Waals surface area contributed by atoms with Crippen molar-refractivity contribution in [3.05, 3.63) is 65.2 Å². The molecule has 3 saturated heterocycles. The summed E-state index contributed by atoms with van der Waals surface area (Å²) in [4.78, 5) is 42.8. The second-order valence-corrected chi connectivity index (χ2v) is 11.8. The van der Waals surface area contributed by atoms with Gasteiger partial charge in [0.1, 0.15) is 11.6 Å². The van der Waals surface area contributed by atoms with Gasteiger partial charge in [-0.15, -0.1) is 0 Å². The minimum absolute atomic E-state index is 0.198. The van der Waals surface area contributed by atoms with Crippen LogP contribution in [-0.2, 0) is 25.5 Å². The molecule has 0 radical (unpaired) electrons. The van der Waals surface area contributed by atoms with Crippen molar-refractivity contribution in [2.45, 2.75) is 54.8 Å². The average Bonchev–Trinajstić information content (AvgIpc) is 3.51. The summed E-state index contributed by atoms with van der Waals surface area (Å²) in [5.74, 6) is -2.58. The average molecular weight is 605 g/mol. The highest BCUT2D eigenvalue weighted by molar-refractivity contribution is 9.09. The Morgan fingerprint density at radius 1 is 1.18 bits per heavy atom. The summed E-state index contributed by atoms with van der Waals surface area (Å²) in [5, 5.41) is 16.9. The van der Waals surface area contributed by atoms with Gasteiger partial charge in [0.15, 0.2) is 0 Å². The Morgan fingerprint density at radius 3 is 2.55 bits per heavy atom. The minimum atomic E-state index is -1.20. The molecule has 2 aromatic rings. The highest BCUT2D eigenvalue weighted by Gasteiger charge is 2.77. The van der Waals surface area contributed by atoms with Crippen LogP contribution in [-0.4, -0.2) is 69.5 Å². The van der Waals surface area contributed by atoms with Crippen LogP contribution < -0.4 is 10.6 Å². The van der Waals surface area contributed by atoms with E-state index in [4.69, 9.17) is 16.3 Å². The molecule has 3 heterocycles.